The van der Waals surface area contributed by atoms with E-state index in [-0.39, 0.29) is 6.10 Å². The normalized spacial score (nSPS) is 14.6. The summed E-state index contributed by atoms with van der Waals surface area (Å²) in [6.45, 7) is 2.01. The Bertz CT molecular complexity index is 509. The Balaban J connectivity index is 2.16. The number of aromatic nitrogens is 1. The quantitative estimate of drug-likeness (QED) is 0.880. The van der Waals surface area contributed by atoms with Gasteiger partial charge in [-0.25, -0.2) is 0 Å². The van der Waals surface area contributed by atoms with Crippen molar-refractivity contribution in [3.05, 3.63) is 42.1 Å². The van der Waals surface area contributed by atoms with Gasteiger partial charge in [-0.1, -0.05) is 31.2 Å². The van der Waals surface area contributed by atoms with E-state index < -0.39 is 6.10 Å². The molecule has 3 nitrogen and oxygen atoms in total. The van der Waals surface area contributed by atoms with Crippen molar-refractivity contribution in [2.24, 2.45) is 0 Å². The van der Waals surface area contributed by atoms with Gasteiger partial charge in [-0.3, -0.25) is 4.98 Å². The highest BCUT2D eigenvalue weighted by molar-refractivity contribution is 5.78. The molecule has 0 saturated carbocycles. The average molecular weight is 245 g/mol. The van der Waals surface area contributed by atoms with Gasteiger partial charge < -0.3 is 9.84 Å². The molecule has 0 radical (unpaired) electrons. The summed E-state index contributed by atoms with van der Waals surface area (Å²) in [6.07, 6.45) is 0.689. The monoisotopic (exact) mass is 245 g/mol. The fourth-order valence-electron chi connectivity index (χ4n) is 2.16. The van der Waals surface area contributed by atoms with Gasteiger partial charge in [0.05, 0.1) is 17.7 Å². The smallest absolute Gasteiger partial charge is 0.0856 e. The first kappa shape index (κ1) is 13.0. The molecule has 2 rings (SSSR count). The largest absolute Gasteiger partial charge is 0.390 e. The summed E-state index contributed by atoms with van der Waals surface area (Å²) in [5.74, 6) is 0. The highest BCUT2D eigenvalue weighted by Crippen LogP contribution is 2.14. The highest BCUT2D eigenvalue weighted by atomic mass is 16.5. The number of nitrogens with zero attached hydrogens (tertiary/aromatic N) is 1. The third kappa shape index (κ3) is 2.86. The number of hydrogen-bond donors (Lipinski definition) is 1. The zero-order chi connectivity index (χ0) is 13.0. The first-order valence-electron chi connectivity index (χ1n) is 6.30. The Morgan fingerprint density at radius 3 is 2.72 bits per heavy atom. The van der Waals surface area contributed by atoms with Gasteiger partial charge in [0, 0.05) is 24.6 Å². The molecule has 1 N–H and O–H groups in total. The van der Waals surface area contributed by atoms with E-state index in [9.17, 15) is 5.11 Å². The summed E-state index contributed by atoms with van der Waals surface area (Å²) in [6, 6.07) is 12.0. The van der Waals surface area contributed by atoms with E-state index in [0.717, 1.165) is 23.0 Å². The molecule has 0 bridgehead atoms. The molecule has 18 heavy (non-hydrogen) atoms. The third-order valence-electron chi connectivity index (χ3n) is 3.21. The van der Waals surface area contributed by atoms with E-state index >= 15 is 0 Å². The molecular formula is C15H19NO2. The number of ether oxygens (including phenoxy) is 1. The number of hydrogen-bond acceptors (Lipinski definition) is 3. The first-order chi connectivity index (χ1) is 8.74. The van der Waals surface area contributed by atoms with Crippen molar-refractivity contribution in [3.63, 3.8) is 0 Å². The molecule has 0 saturated heterocycles. The SMILES string of the molecule is CCC(OC)C(O)Cc1ccc2ccccc2n1. The number of benzene rings is 1. The summed E-state index contributed by atoms with van der Waals surface area (Å²) >= 11 is 0. The molecule has 0 fully saturated rings. The molecule has 2 unspecified atom stereocenters. The molecule has 0 amide bonds. The fraction of sp³-hybridized carbons (Fsp3) is 0.400. The lowest BCUT2D eigenvalue weighted by atomic mass is 10.1. The lowest BCUT2D eigenvalue weighted by Crippen LogP contribution is -2.29. The number of aliphatic hydroxyl groups is 1. The van der Waals surface area contributed by atoms with Crippen LogP contribution in [0.2, 0.25) is 0 Å². The molecule has 2 aromatic rings. The minimum atomic E-state index is -0.506. The topological polar surface area (TPSA) is 42.4 Å². The van der Waals surface area contributed by atoms with Crippen LogP contribution in [0.15, 0.2) is 36.4 Å². The lowest BCUT2D eigenvalue weighted by Gasteiger charge is -2.19. The van der Waals surface area contributed by atoms with E-state index in [1.54, 1.807) is 7.11 Å². The van der Waals surface area contributed by atoms with Crippen LogP contribution in [0.1, 0.15) is 19.0 Å². The average Bonchev–Trinajstić information content (AvgIpc) is 2.40. The van der Waals surface area contributed by atoms with E-state index in [0.29, 0.717) is 6.42 Å². The summed E-state index contributed by atoms with van der Waals surface area (Å²) in [5, 5.41) is 11.2. The van der Waals surface area contributed by atoms with Crippen molar-refractivity contribution in [2.45, 2.75) is 32.0 Å². The maximum atomic E-state index is 10.1. The van der Waals surface area contributed by atoms with Gasteiger partial charge in [0.1, 0.15) is 0 Å². The predicted molar refractivity (Wildman–Crippen MR) is 72.5 cm³/mol. The number of fused-ring (bicyclic) bond motifs is 1. The Kier molecular flexibility index (Phi) is 4.28. The fourth-order valence-corrected chi connectivity index (χ4v) is 2.16. The Hall–Kier alpha value is -1.45. The van der Waals surface area contributed by atoms with E-state index in [1.807, 2.05) is 43.3 Å². The zero-order valence-corrected chi connectivity index (χ0v) is 10.8. The third-order valence-corrected chi connectivity index (χ3v) is 3.21. The Morgan fingerprint density at radius 1 is 1.22 bits per heavy atom. The predicted octanol–water partition coefficient (Wildman–Crippen LogP) is 2.56. The van der Waals surface area contributed by atoms with Crippen LogP contribution in [0.25, 0.3) is 10.9 Å². The maximum absolute atomic E-state index is 10.1. The van der Waals surface area contributed by atoms with E-state index in [4.69, 9.17) is 4.74 Å². The van der Waals surface area contributed by atoms with Crippen LogP contribution >= 0.6 is 0 Å². The van der Waals surface area contributed by atoms with Crippen LogP contribution in [0, 0.1) is 0 Å². The second-order valence-corrected chi connectivity index (χ2v) is 4.45. The minimum Gasteiger partial charge on any atom is -0.390 e. The van der Waals surface area contributed by atoms with Crippen molar-refractivity contribution in [1.29, 1.82) is 0 Å². The Morgan fingerprint density at radius 2 is 2.00 bits per heavy atom. The first-order valence-corrected chi connectivity index (χ1v) is 6.30. The van der Waals surface area contributed by atoms with Crippen molar-refractivity contribution in [1.82, 2.24) is 4.98 Å². The molecule has 1 aromatic heterocycles. The molecule has 0 aliphatic carbocycles. The standard InChI is InChI=1S/C15H19NO2/c1-3-15(18-2)14(17)10-12-9-8-11-6-4-5-7-13(11)16-12/h4-9,14-15,17H,3,10H2,1-2H3. The van der Waals surface area contributed by atoms with Crippen molar-refractivity contribution in [3.8, 4) is 0 Å². The van der Waals surface area contributed by atoms with Gasteiger partial charge in [-0.2, -0.15) is 0 Å². The zero-order valence-electron chi connectivity index (χ0n) is 10.8. The van der Waals surface area contributed by atoms with E-state index in [1.165, 1.54) is 0 Å². The number of rotatable bonds is 5. The number of para-hydroxylation sites is 1. The molecule has 1 aromatic carbocycles. The summed E-state index contributed by atoms with van der Waals surface area (Å²) in [7, 11) is 1.63. The molecule has 0 aliphatic rings. The van der Waals surface area contributed by atoms with Crippen molar-refractivity contribution >= 4 is 10.9 Å². The second-order valence-electron chi connectivity index (χ2n) is 4.45. The lowest BCUT2D eigenvalue weighted by molar-refractivity contribution is -0.0132. The number of pyridine rings is 1. The summed E-state index contributed by atoms with van der Waals surface area (Å²) < 4.78 is 5.24. The van der Waals surface area contributed by atoms with Crippen molar-refractivity contribution < 1.29 is 9.84 Å². The molecule has 0 aliphatic heterocycles. The van der Waals surface area contributed by atoms with Gasteiger partial charge in [0.15, 0.2) is 0 Å². The van der Waals surface area contributed by atoms with Crippen molar-refractivity contribution in [2.75, 3.05) is 7.11 Å². The minimum absolute atomic E-state index is 0.127. The number of methoxy groups -OCH3 is 1. The van der Waals surface area contributed by atoms with Crippen LogP contribution < -0.4 is 0 Å². The van der Waals surface area contributed by atoms with E-state index in [2.05, 4.69) is 4.98 Å². The molecule has 1 heterocycles. The summed E-state index contributed by atoms with van der Waals surface area (Å²) in [4.78, 5) is 4.55. The van der Waals surface area contributed by atoms with Crippen LogP contribution in [0.4, 0.5) is 0 Å². The summed E-state index contributed by atoms with van der Waals surface area (Å²) in [5.41, 5.74) is 1.87. The van der Waals surface area contributed by atoms with Gasteiger partial charge in [-0.05, 0) is 18.6 Å². The Labute approximate surface area is 107 Å². The van der Waals surface area contributed by atoms with Crippen LogP contribution in [-0.4, -0.2) is 29.4 Å². The van der Waals surface area contributed by atoms with Crippen LogP contribution in [0.5, 0.6) is 0 Å². The highest BCUT2D eigenvalue weighted by Gasteiger charge is 2.17. The van der Waals surface area contributed by atoms with Crippen LogP contribution in [-0.2, 0) is 11.2 Å². The number of aliphatic hydroxyl groups excluding tert-OH is 1. The second kappa shape index (κ2) is 5.94. The van der Waals surface area contributed by atoms with Crippen LogP contribution in [0.3, 0.4) is 0 Å². The van der Waals surface area contributed by atoms with Gasteiger partial charge >= 0.3 is 0 Å². The molecular weight excluding hydrogens is 226 g/mol. The molecule has 2 atom stereocenters. The van der Waals surface area contributed by atoms with Gasteiger partial charge in [0.2, 0.25) is 0 Å². The van der Waals surface area contributed by atoms with Gasteiger partial charge in [-0.15, -0.1) is 0 Å². The van der Waals surface area contributed by atoms with Gasteiger partial charge in [0.25, 0.3) is 0 Å². The molecule has 96 valence electrons. The molecule has 3 heteroatoms. The maximum Gasteiger partial charge on any atom is 0.0856 e. The molecule has 0 spiro atoms.